The molecule has 0 spiro atoms. The molecule has 0 unspecified atom stereocenters. The van der Waals surface area contributed by atoms with Crippen molar-refractivity contribution in [1.29, 1.82) is 0 Å². The van der Waals surface area contributed by atoms with Crippen molar-refractivity contribution in [2.24, 2.45) is 0 Å². The van der Waals surface area contributed by atoms with Crippen molar-refractivity contribution >= 4 is 21.9 Å². The highest BCUT2D eigenvalue weighted by Crippen LogP contribution is 2.49. The molecule has 0 saturated heterocycles. The van der Waals surface area contributed by atoms with Gasteiger partial charge in [0.1, 0.15) is 17.2 Å². The number of halogens is 1. The number of carboxylic acid groups (broad SMARTS) is 1. The number of rotatable bonds is 2. The van der Waals surface area contributed by atoms with Gasteiger partial charge in [0, 0.05) is 11.1 Å². The molecular formula is C16H15BrN2O4. The van der Waals surface area contributed by atoms with E-state index in [9.17, 15) is 4.79 Å². The summed E-state index contributed by atoms with van der Waals surface area (Å²) in [7, 11) is 0. The first-order valence-corrected chi connectivity index (χ1v) is 8.38. The number of nitrogens with zero attached hydrogens (tertiary/aromatic N) is 1. The molecular weight excluding hydrogens is 364 g/mol. The second kappa shape index (κ2) is 5.56. The molecule has 6 nitrogen and oxygen atoms in total. The Hall–Kier alpha value is -2.02. The molecule has 0 aliphatic carbocycles. The molecule has 23 heavy (non-hydrogen) atoms. The number of benzene rings is 1. The van der Waals surface area contributed by atoms with E-state index in [4.69, 9.17) is 14.6 Å². The molecule has 3 heterocycles. The van der Waals surface area contributed by atoms with Crippen LogP contribution in [-0.4, -0.2) is 34.5 Å². The van der Waals surface area contributed by atoms with Gasteiger partial charge in [-0.3, -0.25) is 5.10 Å². The molecule has 1 aromatic carbocycles. The number of H-pyrrole nitrogens is 1. The third-order valence-electron chi connectivity index (χ3n) is 4.24. The molecule has 0 atom stereocenters. The van der Waals surface area contributed by atoms with Crippen LogP contribution < -0.4 is 9.47 Å². The Labute approximate surface area is 140 Å². The fourth-order valence-electron chi connectivity index (χ4n) is 3.22. The lowest BCUT2D eigenvalue weighted by Gasteiger charge is -2.28. The molecule has 2 N–H and O–H groups in total. The van der Waals surface area contributed by atoms with E-state index in [0.717, 1.165) is 58.3 Å². The maximum Gasteiger partial charge on any atom is 0.353 e. The van der Waals surface area contributed by atoms with Gasteiger partial charge in [0.2, 0.25) is 0 Å². The molecule has 2 aliphatic rings. The number of aromatic amines is 1. The predicted molar refractivity (Wildman–Crippen MR) is 86.3 cm³/mol. The van der Waals surface area contributed by atoms with E-state index >= 15 is 0 Å². The molecule has 2 aromatic rings. The van der Waals surface area contributed by atoms with Crippen LogP contribution in [0.4, 0.5) is 0 Å². The first-order chi connectivity index (χ1) is 11.2. The van der Waals surface area contributed by atoms with Gasteiger partial charge >= 0.3 is 5.97 Å². The van der Waals surface area contributed by atoms with E-state index in [0.29, 0.717) is 18.9 Å². The van der Waals surface area contributed by atoms with E-state index in [-0.39, 0.29) is 5.69 Å². The number of ether oxygens (including phenoxy) is 2. The summed E-state index contributed by atoms with van der Waals surface area (Å²) in [6.07, 6.45) is 3.62. The maximum atomic E-state index is 11.1. The second-order valence-electron chi connectivity index (χ2n) is 5.68. The molecule has 0 saturated carbocycles. The highest BCUT2D eigenvalue weighted by molar-refractivity contribution is 9.10. The highest BCUT2D eigenvalue weighted by Gasteiger charge is 2.30. The minimum absolute atomic E-state index is 0.0676. The smallest absolute Gasteiger partial charge is 0.353 e. The Kier molecular flexibility index (Phi) is 3.52. The zero-order chi connectivity index (χ0) is 16.0. The summed E-state index contributed by atoms with van der Waals surface area (Å²) >= 11 is 3.66. The van der Waals surface area contributed by atoms with Crippen LogP contribution in [0.2, 0.25) is 0 Å². The van der Waals surface area contributed by atoms with Crippen molar-refractivity contribution in [3.8, 4) is 22.8 Å². The minimum Gasteiger partial charge on any atom is -0.493 e. The van der Waals surface area contributed by atoms with Crippen LogP contribution in [0.25, 0.3) is 11.3 Å². The van der Waals surface area contributed by atoms with Gasteiger partial charge < -0.3 is 14.6 Å². The standard InChI is InChI=1S/C16H15BrN2O4/c17-13-9-4-2-5-22-14(9)12(8-3-1-6-23-15(8)13)10-7-11(16(20)21)19-18-10/h7H,1-6H2,(H,18,19)(H,20,21). The van der Waals surface area contributed by atoms with Gasteiger partial charge in [-0.15, -0.1) is 0 Å². The fraction of sp³-hybridized carbons (Fsp3) is 0.375. The SMILES string of the molecule is O=C(O)c1cc(-c2c3c(c(Br)c4c2OCCC4)OCCC3)n[nH]1. The van der Waals surface area contributed by atoms with Gasteiger partial charge in [-0.2, -0.15) is 5.10 Å². The third kappa shape index (κ3) is 2.30. The quantitative estimate of drug-likeness (QED) is 0.837. The fourth-order valence-corrected chi connectivity index (χ4v) is 3.95. The Balaban J connectivity index is 1.98. The Morgan fingerprint density at radius 3 is 2.57 bits per heavy atom. The molecule has 1 aromatic heterocycles. The summed E-state index contributed by atoms with van der Waals surface area (Å²) in [4.78, 5) is 11.1. The highest BCUT2D eigenvalue weighted by atomic mass is 79.9. The summed E-state index contributed by atoms with van der Waals surface area (Å²) in [6, 6.07) is 1.55. The maximum absolute atomic E-state index is 11.1. The van der Waals surface area contributed by atoms with Crippen LogP contribution in [0.15, 0.2) is 10.5 Å². The number of aromatic nitrogens is 2. The topological polar surface area (TPSA) is 84.4 Å². The average molecular weight is 379 g/mol. The predicted octanol–water partition coefficient (Wildman–Crippen LogP) is 3.19. The molecule has 0 fully saturated rings. The Morgan fingerprint density at radius 1 is 1.17 bits per heavy atom. The van der Waals surface area contributed by atoms with Crippen LogP contribution >= 0.6 is 15.9 Å². The lowest BCUT2D eigenvalue weighted by atomic mass is 9.91. The molecule has 120 valence electrons. The lowest BCUT2D eigenvalue weighted by molar-refractivity contribution is 0.0690. The normalized spacial score (nSPS) is 16.0. The van der Waals surface area contributed by atoms with Crippen LogP contribution in [0.3, 0.4) is 0 Å². The Bertz CT molecular complexity index is 763. The summed E-state index contributed by atoms with van der Waals surface area (Å²) in [5.41, 5.74) is 3.63. The number of aromatic carboxylic acids is 1. The summed E-state index contributed by atoms with van der Waals surface area (Å²) < 4.78 is 12.8. The number of fused-ring (bicyclic) bond motifs is 2. The van der Waals surface area contributed by atoms with Gasteiger partial charge in [-0.1, -0.05) is 0 Å². The number of hydrogen-bond donors (Lipinski definition) is 2. The zero-order valence-electron chi connectivity index (χ0n) is 12.3. The van der Waals surface area contributed by atoms with Crippen molar-refractivity contribution < 1.29 is 19.4 Å². The molecule has 0 bridgehead atoms. The molecule has 0 radical (unpaired) electrons. The van der Waals surface area contributed by atoms with Gasteiger partial charge in [-0.25, -0.2) is 4.79 Å². The number of hydrogen-bond acceptors (Lipinski definition) is 4. The summed E-state index contributed by atoms with van der Waals surface area (Å²) in [6.45, 7) is 1.34. The Morgan fingerprint density at radius 2 is 1.87 bits per heavy atom. The third-order valence-corrected chi connectivity index (χ3v) is 5.08. The van der Waals surface area contributed by atoms with Crippen LogP contribution in [-0.2, 0) is 12.8 Å². The average Bonchev–Trinajstić information content (AvgIpc) is 3.05. The van der Waals surface area contributed by atoms with Crippen molar-refractivity contribution in [3.63, 3.8) is 0 Å². The van der Waals surface area contributed by atoms with E-state index in [2.05, 4.69) is 26.1 Å². The monoisotopic (exact) mass is 378 g/mol. The first kappa shape index (κ1) is 14.6. The van der Waals surface area contributed by atoms with E-state index < -0.39 is 5.97 Å². The van der Waals surface area contributed by atoms with Crippen LogP contribution in [0.1, 0.15) is 34.5 Å². The first-order valence-electron chi connectivity index (χ1n) is 7.58. The van der Waals surface area contributed by atoms with Crippen molar-refractivity contribution in [2.75, 3.05) is 13.2 Å². The van der Waals surface area contributed by atoms with Gasteiger partial charge in [-0.05, 0) is 47.7 Å². The second-order valence-corrected chi connectivity index (χ2v) is 6.47. The molecule has 4 rings (SSSR count). The molecule has 2 aliphatic heterocycles. The number of nitrogens with one attached hydrogen (secondary N) is 1. The van der Waals surface area contributed by atoms with Gasteiger partial charge in [0.05, 0.1) is 28.9 Å². The van der Waals surface area contributed by atoms with E-state index in [1.165, 1.54) is 0 Å². The van der Waals surface area contributed by atoms with Crippen LogP contribution in [0.5, 0.6) is 11.5 Å². The number of carbonyl (C=O) groups is 1. The van der Waals surface area contributed by atoms with Gasteiger partial charge in [0.15, 0.2) is 0 Å². The molecule has 7 heteroatoms. The van der Waals surface area contributed by atoms with Crippen LogP contribution in [0, 0.1) is 0 Å². The largest absolute Gasteiger partial charge is 0.493 e. The van der Waals surface area contributed by atoms with Crippen molar-refractivity contribution in [1.82, 2.24) is 10.2 Å². The van der Waals surface area contributed by atoms with E-state index in [1.54, 1.807) is 6.07 Å². The summed E-state index contributed by atoms with van der Waals surface area (Å²) in [5, 5.41) is 15.9. The zero-order valence-corrected chi connectivity index (χ0v) is 13.9. The molecule has 0 amide bonds. The van der Waals surface area contributed by atoms with Gasteiger partial charge in [0.25, 0.3) is 0 Å². The minimum atomic E-state index is -1.03. The summed E-state index contributed by atoms with van der Waals surface area (Å²) in [5.74, 6) is 0.618. The number of carboxylic acids is 1. The van der Waals surface area contributed by atoms with E-state index in [1.807, 2.05) is 0 Å². The van der Waals surface area contributed by atoms with Crippen molar-refractivity contribution in [2.45, 2.75) is 25.7 Å². The van der Waals surface area contributed by atoms with Crippen molar-refractivity contribution in [3.05, 3.63) is 27.4 Å². The lowest BCUT2D eigenvalue weighted by Crippen LogP contribution is -2.16.